The molecule has 0 aliphatic rings. The zero-order valence-corrected chi connectivity index (χ0v) is 14.0. The summed E-state index contributed by atoms with van der Waals surface area (Å²) >= 11 is 5.95. The van der Waals surface area contributed by atoms with Gasteiger partial charge in [0.15, 0.2) is 6.61 Å². The monoisotopic (exact) mass is 333 g/mol. The van der Waals surface area contributed by atoms with Crippen LogP contribution >= 0.6 is 11.6 Å². The molecule has 0 unspecified atom stereocenters. The number of hydrogen-bond acceptors (Lipinski definition) is 3. The summed E-state index contributed by atoms with van der Waals surface area (Å²) in [6, 6.07) is 12.5. The average molecular weight is 334 g/mol. The first-order chi connectivity index (χ1) is 11.1. The summed E-state index contributed by atoms with van der Waals surface area (Å²) in [7, 11) is 0. The van der Waals surface area contributed by atoms with Crippen molar-refractivity contribution in [3.8, 4) is 11.5 Å². The van der Waals surface area contributed by atoms with E-state index in [0.717, 1.165) is 17.7 Å². The van der Waals surface area contributed by atoms with E-state index in [4.69, 9.17) is 21.1 Å². The van der Waals surface area contributed by atoms with Gasteiger partial charge in [-0.15, -0.1) is 0 Å². The lowest BCUT2D eigenvalue weighted by Gasteiger charge is -2.09. The van der Waals surface area contributed by atoms with Crippen LogP contribution in [0.1, 0.15) is 18.9 Å². The molecule has 2 aromatic rings. The minimum absolute atomic E-state index is 0.0604. The van der Waals surface area contributed by atoms with Gasteiger partial charge in [0.25, 0.3) is 5.91 Å². The molecule has 1 amide bonds. The van der Waals surface area contributed by atoms with E-state index in [2.05, 4.69) is 12.2 Å². The van der Waals surface area contributed by atoms with Gasteiger partial charge in [0.1, 0.15) is 11.5 Å². The Bertz CT molecular complexity index is 656. The van der Waals surface area contributed by atoms with E-state index in [1.165, 1.54) is 0 Å². The van der Waals surface area contributed by atoms with Crippen molar-refractivity contribution in [2.45, 2.75) is 20.3 Å². The van der Waals surface area contributed by atoms with Crippen molar-refractivity contribution in [3.05, 3.63) is 53.1 Å². The molecule has 0 aromatic heterocycles. The van der Waals surface area contributed by atoms with Crippen LogP contribution in [0.5, 0.6) is 11.5 Å². The Labute approximate surface area is 141 Å². The minimum Gasteiger partial charge on any atom is -0.494 e. The van der Waals surface area contributed by atoms with E-state index in [0.29, 0.717) is 23.1 Å². The molecule has 0 atom stereocenters. The fourth-order valence-electron chi connectivity index (χ4n) is 1.91. The van der Waals surface area contributed by atoms with E-state index in [1.54, 1.807) is 30.3 Å². The fraction of sp³-hybridized carbons (Fsp3) is 0.278. The Hall–Kier alpha value is -2.20. The lowest BCUT2D eigenvalue weighted by molar-refractivity contribution is -0.118. The van der Waals surface area contributed by atoms with Crippen molar-refractivity contribution in [2.75, 3.05) is 18.5 Å². The third kappa shape index (κ3) is 5.49. The van der Waals surface area contributed by atoms with Crippen LogP contribution < -0.4 is 14.8 Å². The molecule has 122 valence electrons. The lowest BCUT2D eigenvalue weighted by atomic mass is 10.2. The van der Waals surface area contributed by atoms with E-state index in [-0.39, 0.29) is 12.5 Å². The summed E-state index contributed by atoms with van der Waals surface area (Å²) < 4.78 is 11.0. The van der Waals surface area contributed by atoms with Crippen LogP contribution in [0.4, 0.5) is 5.69 Å². The first-order valence-corrected chi connectivity index (χ1v) is 7.88. The molecular weight excluding hydrogens is 314 g/mol. The van der Waals surface area contributed by atoms with Crippen LogP contribution in [-0.2, 0) is 4.79 Å². The maximum atomic E-state index is 11.9. The number of carbonyl (C=O) groups excluding carboxylic acids is 1. The van der Waals surface area contributed by atoms with Gasteiger partial charge in [-0.05, 0) is 61.4 Å². The van der Waals surface area contributed by atoms with Gasteiger partial charge in [-0.25, -0.2) is 0 Å². The summed E-state index contributed by atoms with van der Waals surface area (Å²) in [5.41, 5.74) is 1.61. The van der Waals surface area contributed by atoms with E-state index < -0.39 is 0 Å². The second kappa shape index (κ2) is 8.44. The minimum atomic E-state index is -0.222. The standard InChI is InChI=1S/C18H20ClNO3/c1-3-10-22-15-6-4-14(5-7-15)20-18(21)12-23-16-8-9-17(19)13(2)11-16/h4-9,11H,3,10,12H2,1-2H3,(H,20,21). The van der Waals surface area contributed by atoms with Crippen molar-refractivity contribution in [1.29, 1.82) is 0 Å². The van der Waals surface area contributed by atoms with Gasteiger partial charge in [-0.3, -0.25) is 4.79 Å². The van der Waals surface area contributed by atoms with Gasteiger partial charge >= 0.3 is 0 Å². The molecule has 0 aliphatic heterocycles. The molecule has 2 aromatic carbocycles. The zero-order chi connectivity index (χ0) is 16.7. The second-order valence-corrected chi connectivity index (χ2v) is 5.53. The number of carbonyl (C=O) groups is 1. The average Bonchev–Trinajstić information content (AvgIpc) is 2.55. The highest BCUT2D eigenvalue weighted by molar-refractivity contribution is 6.31. The maximum absolute atomic E-state index is 11.9. The zero-order valence-electron chi connectivity index (χ0n) is 13.3. The lowest BCUT2D eigenvalue weighted by Crippen LogP contribution is -2.20. The number of halogens is 1. The predicted octanol–water partition coefficient (Wildman–Crippen LogP) is 4.45. The number of anilines is 1. The first-order valence-electron chi connectivity index (χ1n) is 7.50. The quantitative estimate of drug-likeness (QED) is 0.814. The summed E-state index contributed by atoms with van der Waals surface area (Å²) in [4.78, 5) is 11.9. The summed E-state index contributed by atoms with van der Waals surface area (Å²) in [6.45, 7) is 4.56. The van der Waals surface area contributed by atoms with E-state index in [9.17, 15) is 4.79 Å². The number of aryl methyl sites for hydroxylation is 1. The van der Waals surface area contributed by atoms with Crippen molar-refractivity contribution in [1.82, 2.24) is 0 Å². The molecule has 5 heteroatoms. The molecule has 0 fully saturated rings. The van der Waals surface area contributed by atoms with Crippen molar-refractivity contribution >= 4 is 23.2 Å². The van der Waals surface area contributed by atoms with Crippen LogP contribution in [0.15, 0.2) is 42.5 Å². The molecule has 0 spiro atoms. The number of benzene rings is 2. The van der Waals surface area contributed by atoms with Crippen LogP contribution in [-0.4, -0.2) is 19.1 Å². The fourth-order valence-corrected chi connectivity index (χ4v) is 2.02. The molecule has 2 rings (SSSR count). The topological polar surface area (TPSA) is 47.6 Å². The second-order valence-electron chi connectivity index (χ2n) is 5.12. The Morgan fingerprint density at radius 2 is 1.78 bits per heavy atom. The SMILES string of the molecule is CCCOc1ccc(NC(=O)COc2ccc(Cl)c(C)c2)cc1. The molecule has 4 nitrogen and oxygen atoms in total. The highest BCUT2D eigenvalue weighted by Crippen LogP contribution is 2.21. The highest BCUT2D eigenvalue weighted by atomic mass is 35.5. The third-order valence-corrected chi connectivity index (χ3v) is 3.53. The van der Waals surface area contributed by atoms with Gasteiger partial charge in [-0.2, -0.15) is 0 Å². The highest BCUT2D eigenvalue weighted by Gasteiger charge is 2.05. The molecule has 0 radical (unpaired) electrons. The molecule has 0 bridgehead atoms. The number of hydrogen-bond donors (Lipinski definition) is 1. The number of nitrogens with one attached hydrogen (secondary N) is 1. The Morgan fingerprint density at radius 3 is 2.43 bits per heavy atom. The van der Waals surface area contributed by atoms with E-state index >= 15 is 0 Å². The number of amides is 1. The molecule has 0 saturated carbocycles. The van der Waals surface area contributed by atoms with Crippen LogP contribution in [0.25, 0.3) is 0 Å². The van der Waals surface area contributed by atoms with Gasteiger partial charge < -0.3 is 14.8 Å². The van der Waals surface area contributed by atoms with Crippen molar-refractivity contribution in [2.24, 2.45) is 0 Å². The summed E-state index contributed by atoms with van der Waals surface area (Å²) in [5.74, 6) is 1.18. The molecule has 1 N–H and O–H groups in total. The number of ether oxygens (including phenoxy) is 2. The van der Waals surface area contributed by atoms with Crippen molar-refractivity contribution < 1.29 is 14.3 Å². The van der Waals surface area contributed by atoms with Crippen LogP contribution in [0, 0.1) is 6.92 Å². The van der Waals surface area contributed by atoms with Gasteiger partial charge in [0, 0.05) is 10.7 Å². The van der Waals surface area contributed by atoms with Gasteiger partial charge in [0.05, 0.1) is 6.61 Å². The van der Waals surface area contributed by atoms with Crippen molar-refractivity contribution in [3.63, 3.8) is 0 Å². The Morgan fingerprint density at radius 1 is 1.09 bits per heavy atom. The maximum Gasteiger partial charge on any atom is 0.262 e. The predicted molar refractivity (Wildman–Crippen MR) is 92.5 cm³/mol. The largest absolute Gasteiger partial charge is 0.494 e. The summed E-state index contributed by atoms with van der Waals surface area (Å²) in [5, 5.41) is 3.45. The Kier molecular flexibility index (Phi) is 6.29. The molecule has 0 aliphatic carbocycles. The molecule has 0 heterocycles. The first kappa shape index (κ1) is 17.2. The summed E-state index contributed by atoms with van der Waals surface area (Å²) in [6.07, 6.45) is 0.958. The number of rotatable bonds is 7. The molecule has 0 saturated heterocycles. The van der Waals surface area contributed by atoms with Gasteiger partial charge in [-0.1, -0.05) is 18.5 Å². The molecule has 23 heavy (non-hydrogen) atoms. The van der Waals surface area contributed by atoms with E-state index in [1.807, 2.05) is 19.1 Å². The van der Waals surface area contributed by atoms with Gasteiger partial charge in [0.2, 0.25) is 0 Å². The van der Waals surface area contributed by atoms with Crippen LogP contribution in [0.3, 0.4) is 0 Å². The van der Waals surface area contributed by atoms with Crippen LogP contribution in [0.2, 0.25) is 5.02 Å². The Balaban J connectivity index is 1.83. The molecular formula is C18H20ClNO3. The third-order valence-electron chi connectivity index (χ3n) is 3.11. The normalized spacial score (nSPS) is 10.2. The smallest absolute Gasteiger partial charge is 0.262 e.